The number of fused-ring (bicyclic) bond motifs is 6. The molecule has 2 aliphatic rings. The fraction of sp³-hybridized carbons (Fsp3) is 0.333. The number of nitrogens with zero attached hydrogens (tertiary/aromatic N) is 4. The number of carbonyl (C=O) groups excluding carboxylic acids is 2. The first-order valence-corrected chi connectivity index (χ1v) is 15.5. The van der Waals surface area contributed by atoms with E-state index in [0.717, 1.165) is 34.6 Å². The Labute approximate surface area is 256 Å². The maximum atomic E-state index is 13.5. The van der Waals surface area contributed by atoms with E-state index in [0.29, 0.717) is 56.5 Å². The number of hydrogen-bond donors (Lipinski definition) is 0. The van der Waals surface area contributed by atoms with Crippen LogP contribution in [0, 0.1) is 0 Å². The fourth-order valence-electron chi connectivity index (χ4n) is 6.40. The van der Waals surface area contributed by atoms with Gasteiger partial charge in [-0.1, -0.05) is 30.3 Å². The van der Waals surface area contributed by atoms with Gasteiger partial charge in [-0.25, -0.2) is 4.79 Å². The number of hydrogen-bond acceptors (Lipinski definition) is 5. The topological polar surface area (TPSA) is 58.0 Å². The van der Waals surface area contributed by atoms with Gasteiger partial charge in [0.05, 0.1) is 29.1 Å². The lowest BCUT2D eigenvalue weighted by atomic mass is 9.96. The van der Waals surface area contributed by atoms with E-state index < -0.39 is 0 Å². The summed E-state index contributed by atoms with van der Waals surface area (Å²) < 4.78 is 8.01. The van der Waals surface area contributed by atoms with Crippen LogP contribution in [0.3, 0.4) is 0 Å². The highest BCUT2D eigenvalue weighted by Crippen LogP contribution is 2.44. The van der Waals surface area contributed by atoms with Gasteiger partial charge in [-0.05, 0) is 60.9 Å². The molecule has 0 fully saturated rings. The Morgan fingerprint density at radius 1 is 0.976 bits per heavy atom. The Morgan fingerprint density at radius 3 is 2.45 bits per heavy atom. The van der Waals surface area contributed by atoms with Crippen LogP contribution < -0.4 is 9.80 Å². The van der Waals surface area contributed by atoms with Crippen LogP contribution in [-0.2, 0) is 17.7 Å². The Hall–Kier alpha value is -3.68. The Balaban J connectivity index is 1.19. The van der Waals surface area contributed by atoms with Gasteiger partial charge in [0, 0.05) is 61.6 Å². The third-order valence-electron chi connectivity index (χ3n) is 8.34. The van der Waals surface area contributed by atoms with E-state index in [1.165, 1.54) is 10.9 Å². The minimum Gasteiger partial charge on any atom is -0.462 e. The summed E-state index contributed by atoms with van der Waals surface area (Å²) in [7, 11) is 2.07. The number of rotatable bonds is 10. The summed E-state index contributed by atoms with van der Waals surface area (Å²) in [5.74, 6) is 0.727. The number of para-hydroxylation sites is 2. The normalized spacial score (nSPS) is 15.8. The summed E-state index contributed by atoms with van der Waals surface area (Å²) in [4.78, 5) is 32.7. The van der Waals surface area contributed by atoms with E-state index in [2.05, 4.69) is 45.7 Å². The molecule has 3 heterocycles. The van der Waals surface area contributed by atoms with Crippen molar-refractivity contribution in [1.82, 2.24) is 9.47 Å². The standard InChI is InChI=1S/C33H34Cl2N4O3/c1-36-28-9-4-3-8-27(28)32(40)39-19-15-26-25-7-2-5-10-29(25)38(30(26)31(36)39)18-6-22-42-33(41)23-11-13-24(14-12-23)37(20-16-34)21-17-35/h2-5,7-14,31H,6,15-22H2,1H3. The van der Waals surface area contributed by atoms with Crippen LogP contribution in [0.1, 0.15) is 44.6 Å². The van der Waals surface area contributed by atoms with Gasteiger partial charge in [0.1, 0.15) is 6.17 Å². The summed E-state index contributed by atoms with van der Waals surface area (Å²) >= 11 is 11.9. The molecule has 3 aromatic carbocycles. The molecule has 4 aromatic rings. The third kappa shape index (κ3) is 5.09. The summed E-state index contributed by atoms with van der Waals surface area (Å²) in [6.45, 7) is 3.01. The van der Waals surface area contributed by atoms with Crippen molar-refractivity contribution in [1.29, 1.82) is 0 Å². The second-order valence-corrected chi connectivity index (χ2v) is 11.4. The van der Waals surface area contributed by atoms with Gasteiger partial charge in [0.2, 0.25) is 0 Å². The lowest BCUT2D eigenvalue weighted by Gasteiger charge is -2.46. The summed E-state index contributed by atoms with van der Waals surface area (Å²) in [6.07, 6.45) is 1.26. The van der Waals surface area contributed by atoms with Gasteiger partial charge in [0.25, 0.3) is 5.91 Å². The maximum absolute atomic E-state index is 13.5. The average Bonchev–Trinajstić information content (AvgIpc) is 3.35. The predicted octanol–water partition coefficient (Wildman–Crippen LogP) is 6.32. The van der Waals surface area contributed by atoms with E-state index in [1.807, 2.05) is 41.3 Å². The smallest absolute Gasteiger partial charge is 0.338 e. The van der Waals surface area contributed by atoms with Gasteiger partial charge in [-0.2, -0.15) is 0 Å². The zero-order valence-electron chi connectivity index (χ0n) is 23.6. The molecule has 1 unspecified atom stereocenters. The molecule has 6 rings (SSSR count). The van der Waals surface area contributed by atoms with Crippen LogP contribution in [-0.4, -0.2) is 66.4 Å². The summed E-state index contributed by atoms with van der Waals surface area (Å²) in [6, 6.07) is 23.6. The van der Waals surface area contributed by atoms with Crippen molar-refractivity contribution in [3.63, 3.8) is 0 Å². The van der Waals surface area contributed by atoms with E-state index in [1.54, 1.807) is 12.1 Å². The number of alkyl halides is 2. The van der Waals surface area contributed by atoms with Crippen molar-refractivity contribution >= 4 is 57.4 Å². The molecule has 42 heavy (non-hydrogen) atoms. The Kier molecular flexibility index (Phi) is 8.31. The van der Waals surface area contributed by atoms with E-state index in [-0.39, 0.29) is 18.0 Å². The number of aryl methyl sites for hydroxylation is 1. The van der Waals surface area contributed by atoms with Gasteiger partial charge in [0.15, 0.2) is 0 Å². The second kappa shape index (κ2) is 12.3. The fourth-order valence-corrected chi connectivity index (χ4v) is 6.81. The minimum absolute atomic E-state index is 0.0736. The number of esters is 1. The summed E-state index contributed by atoms with van der Waals surface area (Å²) in [5.41, 5.74) is 6.75. The molecule has 9 heteroatoms. The van der Waals surface area contributed by atoms with Crippen molar-refractivity contribution in [2.24, 2.45) is 0 Å². The summed E-state index contributed by atoms with van der Waals surface area (Å²) in [5, 5.41) is 1.22. The molecule has 218 valence electrons. The van der Waals surface area contributed by atoms with Crippen LogP contribution in [0.4, 0.5) is 11.4 Å². The highest BCUT2D eigenvalue weighted by Gasteiger charge is 2.42. The van der Waals surface area contributed by atoms with Crippen molar-refractivity contribution < 1.29 is 14.3 Å². The maximum Gasteiger partial charge on any atom is 0.338 e. The van der Waals surface area contributed by atoms with Gasteiger partial charge in [-0.15, -0.1) is 23.2 Å². The molecule has 1 aromatic heterocycles. The monoisotopic (exact) mass is 604 g/mol. The zero-order valence-corrected chi connectivity index (χ0v) is 25.2. The van der Waals surface area contributed by atoms with Crippen LogP contribution in [0.5, 0.6) is 0 Å². The number of aromatic nitrogens is 1. The van der Waals surface area contributed by atoms with Gasteiger partial charge < -0.3 is 24.0 Å². The van der Waals surface area contributed by atoms with Crippen LogP contribution in [0.25, 0.3) is 10.9 Å². The van der Waals surface area contributed by atoms with Crippen molar-refractivity contribution in [3.05, 3.63) is 95.2 Å². The molecule has 0 bridgehead atoms. The predicted molar refractivity (Wildman–Crippen MR) is 169 cm³/mol. The van der Waals surface area contributed by atoms with E-state index in [4.69, 9.17) is 27.9 Å². The molecule has 7 nitrogen and oxygen atoms in total. The number of amides is 1. The largest absolute Gasteiger partial charge is 0.462 e. The first-order chi connectivity index (χ1) is 20.5. The van der Waals surface area contributed by atoms with E-state index >= 15 is 0 Å². The van der Waals surface area contributed by atoms with Gasteiger partial charge >= 0.3 is 5.97 Å². The van der Waals surface area contributed by atoms with Crippen molar-refractivity contribution in [2.45, 2.75) is 25.6 Å². The second-order valence-electron chi connectivity index (χ2n) is 10.7. The van der Waals surface area contributed by atoms with Crippen molar-refractivity contribution in [3.8, 4) is 0 Å². The lowest BCUT2D eigenvalue weighted by Crippen LogP contribution is -2.51. The van der Waals surface area contributed by atoms with E-state index in [9.17, 15) is 9.59 Å². The molecule has 0 spiro atoms. The average molecular weight is 606 g/mol. The third-order valence-corrected chi connectivity index (χ3v) is 8.68. The minimum atomic E-state index is -0.345. The van der Waals surface area contributed by atoms with Gasteiger partial charge in [-0.3, -0.25) is 4.79 Å². The van der Waals surface area contributed by atoms with Crippen LogP contribution in [0.15, 0.2) is 72.8 Å². The quantitative estimate of drug-likeness (QED) is 0.120. The highest BCUT2D eigenvalue weighted by atomic mass is 35.5. The lowest BCUT2D eigenvalue weighted by molar-refractivity contribution is 0.0493. The first-order valence-electron chi connectivity index (χ1n) is 14.4. The number of ether oxygens (including phenoxy) is 1. The number of carbonyl (C=O) groups is 2. The molecule has 0 saturated heterocycles. The molecule has 0 saturated carbocycles. The SMILES string of the molecule is CN1c2ccccc2C(=O)N2CCc3c(n(CCCOC(=O)c4ccc(N(CCCl)CCCl)cc4)c4ccccc34)C21. The molecule has 0 aliphatic carbocycles. The van der Waals surface area contributed by atoms with Crippen molar-refractivity contribution in [2.75, 3.05) is 54.8 Å². The number of halogens is 2. The number of anilines is 2. The molecule has 1 atom stereocenters. The van der Waals surface area contributed by atoms with Crippen LogP contribution in [0.2, 0.25) is 0 Å². The Bertz CT molecular complexity index is 1600. The molecule has 0 radical (unpaired) electrons. The Morgan fingerprint density at radius 2 is 1.69 bits per heavy atom. The van der Waals surface area contributed by atoms with Crippen LogP contribution >= 0.6 is 23.2 Å². The molecule has 1 amide bonds. The number of benzene rings is 3. The zero-order chi connectivity index (χ0) is 29.2. The molecule has 0 N–H and O–H groups in total. The highest BCUT2D eigenvalue weighted by molar-refractivity contribution is 6.18. The molecular formula is C33H34Cl2N4O3. The molecule has 2 aliphatic heterocycles. The molecular weight excluding hydrogens is 571 g/mol. The first kappa shape index (κ1) is 28.4.